The largest absolute Gasteiger partial charge is 0.465 e. The first-order chi connectivity index (χ1) is 16.6. The molecule has 1 aromatic carbocycles. The number of hydrogen-bond donors (Lipinski definition) is 0. The van der Waals surface area contributed by atoms with E-state index in [0.717, 1.165) is 30.0 Å². The van der Waals surface area contributed by atoms with Crippen LogP contribution in [-0.2, 0) is 20.1 Å². The Morgan fingerprint density at radius 1 is 1.15 bits per heavy atom. The number of carbonyl (C=O) groups is 2. The zero-order chi connectivity index (χ0) is 23.5. The Kier molecular flexibility index (Phi) is 7.21. The molecule has 2 aromatic rings. The van der Waals surface area contributed by atoms with Gasteiger partial charge in [0.05, 0.1) is 23.2 Å². The fourth-order valence-electron chi connectivity index (χ4n) is 4.12. The molecular weight excluding hydrogens is 490 g/mol. The third kappa shape index (κ3) is 4.87. The van der Waals surface area contributed by atoms with E-state index in [0.29, 0.717) is 28.5 Å². The van der Waals surface area contributed by atoms with Crippen molar-refractivity contribution in [2.24, 2.45) is 15.9 Å². The summed E-state index contributed by atoms with van der Waals surface area (Å²) in [5.74, 6) is 0.614. The van der Waals surface area contributed by atoms with E-state index >= 15 is 0 Å². The van der Waals surface area contributed by atoms with Gasteiger partial charge in [0, 0.05) is 5.69 Å². The maximum absolute atomic E-state index is 12.8. The predicted molar refractivity (Wildman–Crippen MR) is 136 cm³/mol. The number of amidine groups is 1. The van der Waals surface area contributed by atoms with Crippen LogP contribution in [0.15, 0.2) is 56.0 Å². The molecule has 1 atom stereocenters. The standard InChI is InChI=1S/C23H23N5O3S3/c1-2-31-18(29)13-33-23-27-26-17(28(23)14-8-4-3-5-9-14)12-32-22-24-20(30)19-15-10-6-7-11-16(15)34-21(19)25-22/h3-5,8-9,19H,2,6-7,10-13H2,1H3. The van der Waals surface area contributed by atoms with Crippen molar-refractivity contribution in [1.29, 1.82) is 0 Å². The van der Waals surface area contributed by atoms with Gasteiger partial charge in [-0.2, -0.15) is 4.99 Å². The Balaban J connectivity index is 1.33. The first-order valence-corrected chi connectivity index (χ1v) is 13.9. The quantitative estimate of drug-likeness (QED) is 0.390. The summed E-state index contributed by atoms with van der Waals surface area (Å²) in [6.07, 6.45) is 4.32. The number of esters is 1. The number of carbonyl (C=O) groups excluding carboxylic acids is 2. The lowest BCUT2D eigenvalue weighted by molar-refractivity contribution is -0.139. The van der Waals surface area contributed by atoms with E-state index in [1.54, 1.807) is 18.7 Å². The Labute approximate surface area is 210 Å². The summed E-state index contributed by atoms with van der Waals surface area (Å²) in [6, 6.07) is 9.74. The van der Waals surface area contributed by atoms with E-state index < -0.39 is 0 Å². The van der Waals surface area contributed by atoms with Crippen molar-refractivity contribution in [3.63, 3.8) is 0 Å². The van der Waals surface area contributed by atoms with Crippen LogP contribution in [0.5, 0.6) is 0 Å². The summed E-state index contributed by atoms with van der Waals surface area (Å²) >= 11 is 4.32. The van der Waals surface area contributed by atoms with Gasteiger partial charge in [0.15, 0.2) is 10.3 Å². The molecule has 34 heavy (non-hydrogen) atoms. The van der Waals surface area contributed by atoms with Gasteiger partial charge < -0.3 is 4.74 Å². The van der Waals surface area contributed by atoms with Crippen molar-refractivity contribution < 1.29 is 14.3 Å². The van der Waals surface area contributed by atoms with Gasteiger partial charge in [0.1, 0.15) is 11.7 Å². The maximum atomic E-state index is 12.8. The van der Waals surface area contributed by atoms with E-state index in [1.165, 1.54) is 40.4 Å². The van der Waals surface area contributed by atoms with Gasteiger partial charge in [-0.05, 0) is 55.2 Å². The summed E-state index contributed by atoms with van der Waals surface area (Å²) in [4.78, 5) is 35.0. The van der Waals surface area contributed by atoms with Crippen molar-refractivity contribution in [2.75, 3.05) is 12.4 Å². The zero-order valence-electron chi connectivity index (χ0n) is 18.6. The molecule has 5 rings (SSSR count). The number of rotatable bonds is 7. The predicted octanol–water partition coefficient (Wildman–Crippen LogP) is 4.64. The van der Waals surface area contributed by atoms with Crippen molar-refractivity contribution in [3.05, 3.63) is 46.6 Å². The summed E-state index contributed by atoms with van der Waals surface area (Å²) in [5.41, 5.74) is 2.13. The lowest BCUT2D eigenvalue weighted by Crippen LogP contribution is -2.25. The van der Waals surface area contributed by atoms with E-state index in [9.17, 15) is 9.59 Å². The van der Waals surface area contributed by atoms with Crippen LogP contribution >= 0.6 is 35.3 Å². The molecule has 0 N–H and O–H groups in total. The molecule has 176 valence electrons. The molecule has 1 unspecified atom stereocenters. The molecule has 0 fully saturated rings. The van der Waals surface area contributed by atoms with Crippen molar-refractivity contribution >= 4 is 57.4 Å². The monoisotopic (exact) mass is 513 g/mol. The van der Waals surface area contributed by atoms with E-state index in [4.69, 9.17) is 9.73 Å². The molecule has 8 nitrogen and oxygen atoms in total. The number of aromatic nitrogens is 3. The van der Waals surface area contributed by atoms with Crippen molar-refractivity contribution in [2.45, 2.75) is 43.5 Å². The summed E-state index contributed by atoms with van der Waals surface area (Å²) in [6.45, 7) is 2.12. The highest BCUT2D eigenvalue weighted by Crippen LogP contribution is 2.47. The minimum atomic E-state index is -0.295. The number of amides is 1. The normalized spacial score (nSPS) is 19.4. The van der Waals surface area contributed by atoms with Gasteiger partial charge in [-0.1, -0.05) is 53.5 Å². The lowest BCUT2D eigenvalue weighted by atomic mass is 9.89. The molecule has 0 saturated carbocycles. The van der Waals surface area contributed by atoms with Gasteiger partial charge in [-0.15, -0.1) is 10.2 Å². The van der Waals surface area contributed by atoms with Crippen LogP contribution in [0.25, 0.3) is 5.69 Å². The average Bonchev–Trinajstić information content (AvgIpc) is 3.43. The first kappa shape index (κ1) is 23.4. The Hall–Kier alpha value is -2.37. The summed E-state index contributed by atoms with van der Waals surface area (Å²) in [7, 11) is 0. The molecule has 0 saturated heterocycles. The molecule has 1 aromatic heterocycles. The molecule has 1 amide bonds. The minimum Gasteiger partial charge on any atom is -0.465 e. The minimum absolute atomic E-state index is 0.109. The SMILES string of the molecule is CCOC(=O)CSc1nnc(CSC2=NC(=O)C3C(=N2)SC2=C3CCCC2)n1-c1ccccc1. The number of ether oxygens (including phenoxy) is 1. The molecule has 0 spiro atoms. The number of aliphatic imine (C=N–C) groups is 2. The average molecular weight is 514 g/mol. The summed E-state index contributed by atoms with van der Waals surface area (Å²) < 4.78 is 6.95. The summed E-state index contributed by atoms with van der Waals surface area (Å²) in [5, 5.41) is 10.6. The molecule has 3 heterocycles. The molecule has 3 aliphatic rings. The van der Waals surface area contributed by atoms with Crippen LogP contribution in [0.1, 0.15) is 38.4 Å². The smallest absolute Gasteiger partial charge is 0.316 e. The van der Waals surface area contributed by atoms with Gasteiger partial charge in [-0.25, -0.2) is 4.99 Å². The second-order valence-corrected chi connectivity index (χ2v) is 10.8. The number of para-hydroxylation sites is 1. The van der Waals surface area contributed by atoms with Gasteiger partial charge in [-0.3, -0.25) is 14.2 Å². The number of nitrogens with zero attached hydrogens (tertiary/aromatic N) is 5. The Bertz CT molecular complexity index is 1210. The van der Waals surface area contributed by atoms with E-state index in [2.05, 4.69) is 15.2 Å². The molecule has 0 bridgehead atoms. The van der Waals surface area contributed by atoms with Crippen LogP contribution < -0.4 is 0 Å². The van der Waals surface area contributed by atoms with Crippen LogP contribution in [0.2, 0.25) is 0 Å². The lowest BCUT2D eigenvalue weighted by Gasteiger charge is -2.18. The molecule has 1 aliphatic carbocycles. The van der Waals surface area contributed by atoms with Crippen molar-refractivity contribution in [1.82, 2.24) is 14.8 Å². The van der Waals surface area contributed by atoms with Crippen LogP contribution in [0.3, 0.4) is 0 Å². The second-order valence-electron chi connectivity index (χ2n) is 7.83. The third-order valence-corrected chi connectivity index (χ3v) is 8.60. The van der Waals surface area contributed by atoms with Crippen LogP contribution in [0.4, 0.5) is 0 Å². The number of fused-ring (bicyclic) bond motifs is 2. The highest BCUT2D eigenvalue weighted by Gasteiger charge is 2.40. The number of thioether (sulfide) groups is 3. The fourth-order valence-corrected chi connectivity index (χ4v) is 7.05. The first-order valence-electron chi connectivity index (χ1n) is 11.2. The molecule has 0 radical (unpaired) electrons. The van der Waals surface area contributed by atoms with Crippen molar-refractivity contribution in [3.8, 4) is 5.69 Å². The second kappa shape index (κ2) is 10.5. The topological polar surface area (TPSA) is 98.8 Å². The Morgan fingerprint density at radius 2 is 1.97 bits per heavy atom. The number of benzene rings is 1. The number of hydrogen-bond acceptors (Lipinski definition) is 9. The zero-order valence-corrected chi connectivity index (χ0v) is 21.0. The van der Waals surface area contributed by atoms with Crippen LogP contribution in [0, 0.1) is 5.92 Å². The molecule has 11 heteroatoms. The highest BCUT2D eigenvalue weighted by atomic mass is 32.2. The molecule has 2 aliphatic heterocycles. The Morgan fingerprint density at radius 3 is 2.79 bits per heavy atom. The number of allylic oxidation sites excluding steroid dienone is 1. The highest BCUT2D eigenvalue weighted by molar-refractivity contribution is 8.18. The third-order valence-electron chi connectivity index (χ3n) is 5.61. The van der Waals surface area contributed by atoms with Gasteiger partial charge >= 0.3 is 5.97 Å². The van der Waals surface area contributed by atoms with Gasteiger partial charge in [0.25, 0.3) is 5.91 Å². The van der Waals surface area contributed by atoms with Crippen LogP contribution in [-0.4, -0.2) is 49.2 Å². The van der Waals surface area contributed by atoms with E-state index in [-0.39, 0.29) is 23.5 Å². The molecular formula is C23H23N5O3S3. The maximum Gasteiger partial charge on any atom is 0.316 e. The van der Waals surface area contributed by atoms with E-state index in [1.807, 2.05) is 34.9 Å². The van der Waals surface area contributed by atoms with Gasteiger partial charge in [0.2, 0.25) is 0 Å². The fraction of sp³-hybridized carbons (Fsp3) is 0.391.